The van der Waals surface area contributed by atoms with Crippen LogP contribution in [-0.2, 0) is 27.2 Å². The lowest BCUT2D eigenvalue weighted by atomic mass is 10.0. The van der Waals surface area contributed by atoms with E-state index in [0.29, 0.717) is 18.2 Å². The van der Waals surface area contributed by atoms with E-state index in [1.54, 1.807) is 0 Å². The number of amides is 1. The molecule has 0 radical (unpaired) electrons. The van der Waals surface area contributed by atoms with E-state index in [1.165, 1.54) is 0 Å². The summed E-state index contributed by atoms with van der Waals surface area (Å²) in [6.45, 7) is 0. The van der Waals surface area contributed by atoms with Crippen LogP contribution in [0.5, 0.6) is 0 Å². The van der Waals surface area contributed by atoms with Crippen molar-refractivity contribution in [3.8, 4) is 11.1 Å². The SMILES string of the molecule is O=C(O)CSC(=O)C(Cc1ccccc1)NC(=O)Cc1ccc(-c2ccccc2)cc1. The van der Waals surface area contributed by atoms with Crippen LogP contribution in [0.2, 0.25) is 0 Å². The number of carbonyl (C=O) groups excluding carboxylic acids is 2. The van der Waals surface area contributed by atoms with E-state index in [-0.39, 0.29) is 23.2 Å². The van der Waals surface area contributed by atoms with E-state index in [2.05, 4.69) is 5.32 Å². The van der Waals surface area contributed by atoms with Gasteiger partial charge in [-0.05, 0) is 22.3 Å². The Morgan fingerprint density at radius 2 is 1.35 bits per heavy atom. The second kappa shape index (κ2) is 11.1. The van der Waals surface area contributed by atoms with Crippen LogP contribution >= 0.6 is 11.8 Å². The first-order chi connectivity index (χ1) is 15.0. The summed E-state index contributed by atoms with van der Waals surface area (Å²) in [5.74, 6) is -1.68. The standard InChI is InChI=1S/C25H23NO4S/c27-23(16-19-11-13-21(14-12-19)20-9-5-2-6-10-20)26-22(25(30)31-17-24(28)29)15-18-7-3-1-4-8-18/h1-14,22H,15-17H2,(H,26,27)(H,28,29). The summed E-state index contributed by atoms with van der Waals surface area (Å²) in [6.07, 6.45) is 0.447. The summed E-state index contributed by atoms with van der Waals surface area (Å²) in [4.78, 5) is 36.0. The van der Waals surface area contributed by atoms with Gasteiger partial charge in [-0.25, -0.2) is 0 Å². The molecule has 158 valence electrons. The maximum atomic E-state index is 12.6. The molecule has 5 nitrogen and oxygen atoms in total. The summed E-state index contributed by atoms with van der Waals surface area (Å²) in [5, 5.41) is 11.3. The quantitative estimate of drug-likeness (QED) is 0.534. The molecule has 1 unspecified atom stereocenters. The Balaban J connectivity index is 1.64. The van der Waals surface area contributed by atoms with Crippen molar-refractivity contribution in [2.45, 2.75) is 18.9 Å². The van der Waals surface area contributed by atoms with Crippen LogP contribution in [-0.4, -0.2) is 33.9 Å². The Bertz CT molecular complexity index is 1020. The van der Waals surface area contributed by atoms with Gasteiger partial charge in [0, 0.05) is 6.42 Å². The van der Waals surface area contributed by atoms with Crippen molar-refractivity contribution in [1.82, 2.24) is 5.32 Å². The molecule has 6 heteroatoms. The van der Waals surface area contributed by atoms with Crippen molar-refractivity contribution in [2.24, 2.45) is 0 Å². The van der Waals surface area contributed by atoms with E-state index in [9.17, 15) is 14.4 Å². The number of hydrogen-bond acceptors (Lipinski definition) is 4. The molecule has 0 aliphatic rings. The number of thioether (sulfide) groups is 1. The molecule has 0 saturated heterocycles. The molecule has 3 aromatic rings. The molecule has 0 bridgehead atoms. The summed E-state index contributed by atoms with van der Waals surface area (Å²) in [7, 11) is 0. The van der Waals surface area contributed by atoms with Crippen molar-refractivity contribution in [1.29, 1.82) is 0 Å². The van der Waals surface area contributed by atoms with E-state index in [0.717, 1.165) is 22.3 Å². The summed E-state index contributed by atoms with van der Waals surface area (Å²) in [6, 6.07) is 26.2. The molecule has 31 heavy (non-hydrogen) atoms. The number of benzene rings is 3. The first-order valence-corrected chi connectivity index (χ1v) is 10.9. The molecule has 0 aliphatic heterocycles. The molecule has 0 aromatic heterocycles. The van der Waals surface area contributed by atoms with Gasteiger partial charge in [0.05, 0.1) is 12.2 Å². The maximum Gasteiger partial charge on any atom is 0.313 e. The van der Waals surface area contributed by atoms with E-state index < -0.39 is 12.0 Å². The first-order valence-electron chi connectivity index (χ1n) is 9.87. The van der Waals surface area contributed by atoms with Crippen LogP contribution in [0.15, 0.2) is 84.9 Å². The Morgan fingerprint density at radius 3 is 1.97 bits per heavy atom. The van der Waals surface area contributed by atoms with Crippen LogP contribution in [0.1, 0.15) is 11.1 Å². The molecule has 1 atom stereocenters. The highest BCUT2D eigenvalue weighted by Gasteiger charge is 2.22. The Kier molecular flexibility index (Phi) is 8.01. The monoisotopic (exact) mass is 433 g/mol. The minimum Gasteiger partial charge on any atom is -0.481 e. The number of nitrogens with one attached hydrogen (secondary N) is 1. The van der Waals surface area contributed by atoms with Crippen LogP contribution < -0.4 is 5.32 Å². The second-order valence-electron chi connectivity index (χ2n) is 7.05. The highest BCUT2D eigenvalue weighted by molar-refractivity contribution is 8.14. The Labute approximate surface area is 185 Å². The minimum atomic E-state index is -1.07. The third kappa shape index (κ3) is 7.12. The number of hydrogen-bond donors (Lipinski definition) is 2. The van der Waals surface area contributed by atoms with Crippen LogP contribution in [0.3, 0.4) is 0 Å². The van der Waals surface area contributed by atoms with Crippen molar-refractivity contribution in [3.05, 3.63) is 96.1 Å². The summed E-state index contributed by atoms with van der Waals surface area (Å²) < 4.78 is 0. The van der Waals surface area contributed by atoms with Gasteiger partial charge in [-0.1, -0.05) is 96.7 Å². The number of aliphatic carboxylic acids is 1. The largest absolute Gasteiger partial charge is 0.481 e. The van der Waals surface area contributed by atoms with Crippen molar-refractivity contribution >= 4 is 28.8 Å². The van der Waals surface area contributed by atoms with Crippen LogP contribution in [0.25, 0.3) is 11.1 Å². The fourth-order valence-electron chi connectivity index (χ4n) is 3.15. The third-order valence-corrected chi connectivity index (χ3v) is 5.63. The van der Waals surface area contributed by atoms with Gasteiger partial charge >= 0.3 is 5.97 Å². The van der Waals surface area contributed by atoms with Gasteiger partial charge in [0.25, 0.3) is 0 Å². The molecule has 0 saturated carbocycles. The lowest BCUT2D eigenvalue weighted by Crippen LogP contribution is -2.42. The van der Waals surface area contributed by atoms with Crippen molar-refractivity contribution in [3.63, 3.8) is 0 Å². The molecular formula is C25H23NO4S. The molecule has 0 heterocycles. The minimum absolute atomic E-state index is 0.136. The number of carboxylic acid groups (broad SMARTS) is 1. The van der Waals surface area contributed by atoms with Gasteiger partial charge in [0.1, 0.15) is 6.04 Å². The van der Waals surface area contributed by atoms with Crippen molar-refractivity contribution in [2.75, 3.05) is 5.75 Å². The predicted molar refractivity (Wildman–Crippen MR) is 123 cm³/mol. The average Bonchev–Trinajstić information content (AvgIpc) is 2.79. The van der Waals surface area contributed by atoms with E-state index >= 15 is 0 Å². The molecule has 2 N–H and O–H groups in total. The van der Waals surface area contributed by atoms with Gasteiger partial charge in [-0.3, -0.25) is 14.4 Å². The van der Waals surface area contributed by atoms with Gasteiger partial charge in [0.2, 0.25) is 11.0 Å². The van der Waals surface area contributed by atoms with Gasteiger partial charge in [0.15, 0.2) is 0 Å². The van der Waals surface area contributed by atoms with E-state index in [1.807, 2.05) is 84.9 Å². The zero-order valence-corrected chi connectivity index (χ0v) is 17.7. The molecule has 0 spiro atoms. The van der Waals surface area contributed by atoms with Crippen LogP contribution in [0.4, 0.5) is 0 Å². The number of carbonyl (C=O) groups is 3. The van der Waals surface area contributed by atoms with Gasteiger partial charge < -0.3 is 10.4 Å². The maximum absolute atomic E-state index is 12.6. The fourth-order valence-corrected chi connectivity index (χ4v) is 3.76. The molecule has 1 amide bonds. The molecule has 0 aliphatic carbocycles. The fraction of sp³-hybridized carbons (Fsp3) is 0.160. The normalized spacial score (nSPS) is 11.5. The number of carboxylic acids is 1. The van der Waals surface area contributed by atoms with Crippen LogP contribution in [0, 0.1) is 0 Å². The highest BCUT2D eigenvalue weighted by Crippen LogP contribution is 2.19. The Hall–Kier alpha value is -3.38. The molecule has 3 aromatic carbocycles. The van der Waals surface area contributed by atoms with Gasteiger partial charge in [-0.2, -0.15) is 0 Å². The molecule has 0 fully saturated rings. The lowest BCUT2D eigenvalue weighted by Gasteiger charge is -2.17. The summed E-state index contributed by atoms with van der Waals surface area (Å²) >= 11 is 0.707. The lowest BCUT2D eigenvalue weighted by molar-refractivity contribution is -0.134. The second-order valence-corrected chi connectivity index (χ2v) is 8.03. The van der Waals surface area contributed by atoms with Gasteiger partial charge in [-0.15, -0.1) is 0 Å². The van der Waals surface area contributed by atoms with Crippen molar-refractivity contribution < 1.29 is 19.5 Å². The molecule has 3 rings (SSSR count). The van der Waals surface area contributed by atoms with E-state index in [4.69, 9.17) is 5.11 Å². The number of rotatable bonds is 9. The first kappa shape index (κ1) is 22.3. The predicted octanol–water partition coefficient (Wildman–Crippen LogP) is 3.97. The molecular weight excluding hydrogens is 410 g/mol. The average molecular weight is 434 g/mol. The zero-order chi connectivity index (χ0) is 22.1. The third-order valence-electron chi connectivity index (χ3n) is 4.67. The zero-order valence-electron chi connectivity index (χ0n) is 16.9. The highest BCUT2D eigenvalue weighted by atomic mass is 32.2. The Morgan fingerprint density at radius 1 is 0.774 bits per heavy atom. The smallest absolute Gasteiger partial charge is 0.313 e. The summed E-state index contributed by atoms with van der Waals surface area (Å²) in [5.41, 5.74) is 3.89. The topological polar surface area (TPSA) is 83.5 Å².